The number of hydrogen-bond donors (Lipinski definition) is 1. The van der Waals surface area contributed by atoms with E-state index in [2.05, 4.69) is 27.8 Å². The van der Waals surface area contributed by atoms with Gasteiger partial charge in [-0.15, -0.1) is 0 Å². The number of ether oxygens (including phenoxy) is 5. The van der Waals surface area contributed by atoms with E-state index in [1.807, 2.05) is 39.8 Å². The highest BCUT2D eigenvalue weighted by atomic mass is 16.7. The molecule has 4 aliphatic heterocycles. The second kappa shape index (κ2) is 22.8. The average molecular weight is 909 g/mol. The van der Waals surface area contributed by atoms with Crippen molar-refractivity contribution in [3.63, 3.8) is 0 Å². The molecule has 4 aliphatic rings. The van der Waals surface area contributed by atoms with Crippen LogP contribution >= 0.6 is 0 Å². The van der Waals surface area contributed by atoms with E-state index in [4.69, 9.17) is 87.5 Å². The third-order valence-corrected chi connectivity index (χ3v) is 11.9. The summed E-state index contributed by atoms with van der Waals surface area (Å²) in [5.41, 5.74) is 5.19. The van der Waals surface area contributed by atoms with Gasteiger partial charge in [-0.2, -0.15) is 0 Å². The van der Waals surface area contributed by atoms with E-state index in [-0.39, 0.29) is 25.0 Å². The van der Waals surface area contributed by atoms with Gasteiger partial charge in [-0.3, -0.25) is 9.69 Å². The van der Waals surface area contributed by atoms with Crippen molar-refractivity contribution in [1.29, 1.82) is 0 Å². The van der Waals surface area contributed by atoms with Crippen LogP contribution in [0.1, 0.15) is 101 Å². The van der Waals surface area contributed by atoms with Gasteiger partial charge in [0.25, 0.3) is 0 Å². The minimum Gasteiger partial charge on any atom is -0.496 e. The maximum atomic E-state index is 13.0. The smallest absolute Gasteiger partial charge is 0.411 e. The van der Waals surface area contributed by atoms with Crippen LogP contribution in [0.25, 0.3) is 0 Å². The fourth-order valence-electron chi connectivity index (χ4n) is 8.83. The van der Waals surface area contributed by atoms with Crippen LogP contribution in [-0.4, -0.2) is 189 Å². The molecule has 0 bridgehead atoms. The van der Waals surface area contributed by atoms with Crippen LogP contribution in [-0.2, 0) is 33.5 Å². The summed E-state index contributed by atoms with van der Waals surface area (Å²) in [5.74, 6) is 1.01. The third kappa shape index (κ3) is 14.3. The van der Waals surface area contributed by atoms with E-state index in [1.165, 1.54) is 12.0 Å². The van der Waals surface area contributed by atoms with Crippen molar-refractivity contribution in [2.24, 2.45) is 10.3 Å². The number of rotatable bonds is 10. The van der Waals surface area contributed by atoms with Gasteiger partial charge in [-0.05, 0) is 116 Å². The van der Waals surface area contributed by atoms with Crippen molar-refractivity contribution in [2.45, 2.75) is 129 Å². The summed E-state index contributed by atoms with van der Waals surface area (Å²) in [6.45, 7) is 19.6. The van der Waals surface area contributed by atoms with Gasteiger partial charge in [0.2, 0.25) is 0 Å². The molecular weight excluding hydrogens is 850 g/mol. The Bertz CT molecular complexity index is 2120. The van der Waals surface area contributed by atoms with Crippen molar-refractivity contribution < 1.29 is 47.7 Å². The minimum absolute atomic E-state index is 0.187. The van der Waals surface area contributed by atoms with E-state index >= 15 is 0 Å². The molecular formula is C42H58B12N4O10. The number of benzene rings is 2. The Morgan fingerprint density at radius 3 is 1.50 bits per heavy atom. The SMILES string of the molecule is COC(=O)[C@@H]1C[C@@]2(CN1)CC(c1cc(C)c(OC)c(C)c1)=NO2.COc1c(C)cc(C2=NO[C@]3(C2)C[C@@H](C(=O)OC(C)(C)C)N(C(=O)OC(C)(C)C)C3)cc1C.[B]B([B])B([B])B(B([B])[B])B([B])[B]. The molecule has 0 aliphatic carbocycles. The molecule has 2 spiro atoms. The van der Waals surface area contributed by atoms with E-state index in [0.29, 0.717) is 25.8 Å². The Kier molecular flexibility index (Phi) is 18.9. The van der Waals surface area contributed by atoms with Gasteiger partial charge in [0, 0.05) is 129 Å². The molecule has 2 fully saturated rings. The van der Waals surface area contributed by atoms with Gasteiger partial charge < -0.3 is 38.7 Å². The van der Waals surface area contributed by atoms with Crippen LogP contribution in [0.15, 0.2) is 34.6 Å². The highest BCUT2D eigenvalue weighted by molar-refractivity contribution is 8.05. The lowest BCUT2D eigenvalue weighted by atomic mass is 8.53. The molecule has 68 heavy (non-hydrogen) atoms. The fraction of sp³-hybridized carbons (Fsp3) is 0.595. The van der Waals surface area contributed by atoms with Crippen molar-refractivity contribution in [3.8, 4) is 11.5 Å². The molecule has 14 nitrogen and oxygen atoms in total. The summed E-state index contributed by atoms with van der Waals surface area (Å²) in [5, 5.41) is 11.8. The number of aryl methyl sites for hydroxylation is 4. The number of methoxy groups -OCH3 is 3. The maximum Gasteiger partial charge on any atom is 0.411 e. The summed E-state index contributed by atoms with van der Waals surface area (Å²) in [7, 11) is 42.6. The van der Waals surface area contributed by atoms with Crippen LogP contribution in [0.4, 0.5) is 4.79 Å². The molecule has 4 heterocycles. The zero-order valence-corrected chi connectivity index (χ0v) is 42.1. The quantitative estimate of drug-likeness (QED) is 0.211. The van der Waals surface area contributed by atoms with Crippen molar-refractivity contribution >= 4 is 116 Å². The second-order valence-electron chi connectivity index (χ2n) is 20.2. The van der Waals surface area contributed by atoms with Crippen molar-refractivity contribution in [1.82, 2.24) is 10.2 Å². The van der Waals surface area contributed by atoms with Gasteiger partial charge >= 0.3 is 18.0 Å². The Morgan fingerprint density at radius 1 is 0.676 bits per heavy atom. The standard InChI is InChI=1S/C25H36N2O6.C17H22N2O4.B12/c1-15-10-17(11-16(2)20(15)30-9)18-12-25(33-26-18)13-19(21(28)31-23(3,4)5)27(14-25)22(29)32-24(6,7)8;1-10-5-12(6-11(2)15(10)21-3)13-7-17(23-19-13)8-14(18-9-17)16(20)22-4;1-8(2)11(7)12(9(3)4)10(5)6/h10-11,19H,12-14H2,1-9H3;5-6,14,18H,7-9H2,1-4H3;/t19-,25+;14-,17+;/m00./s1. The highest BCUT2D eigenvalue weighted by Crippen LogP contribution is 2.41. The van der Waals surface area contributed by atoms with Gasteiger partial charge in [0.15, 0.2) is 11.2 Å². The molecule has 2 saturated heterocycles. The summed E-state index contributed by atoms with van der Waals surface area (Å²) in [6.07, 6.45) is -1.79. The van der Waals surface area contributed by atoms with Gasteiger partial charge in [-0.25, -0.2) is 9.59 Å². The number of esters is 2. The minimum atomic E-state index is -0.812. The molecule has 2 aromatic carbocycles. The zero-order valence-electron chi connectivity index (χ0n) is 42.1. The number of carbonyl (C=O) groups excluding carboxylic acids is 3. The molecule has 0 saturated carbocycles. The third-order valence-electron chi connectivity index (χ3n) is 11.9. The lowest BCUT2D eigenvalue weighted by Crippen LogP contribution is -2.67. The lowest BCUT2D eigenvalue weighted by molar-refractivity contribution is -0.160. The summed E-state index contributed by atoms with van der Waals surface area (Å²) < 4.78 is 26.9. The molecule has 342 valence electrons. The first-order valence-electron chi connectivity index (χ1n) is 22.6. The van der Waals surface area contributed by atoms with E-state index in [9.17, 15) is 14.4 Å². The fourth-order valence-corrected chi connectivity index (χ4v) is 8.83. The van der Waals surface area contributed by atoms with Crippen molar-refractivity contribution in [3.05, 3.63) is 57.6 Å². The number of nitrogens with zero attached hydrogens (tertiary/aromatic N) is 3. The highest BCUT2D eigenvalue weighted by Gasteiger charge is 2.56. The predicted octanol–water partition coefficient (Wildman–Crippen LogP) is 1.67. The number of oxime groups is 2. The first kappa shape index (κ1) is 56.5. The molecule has 14 radical (unpaired) electrons. The van der Waals surface area contributed by atoms with Gasteiger partial charge in [0.05, 0.1) is 39.3 Å². The summed E-state index contributed by atoms with van der Waals surface area (Å²) in [6, 6.07) is 7.01. The lowest BCUT2D eigenvalue weighted by Gasteiger charge is -2.29. The normalized spacial score (nSPS) is 21.4. The van der Waals surface area contributed by atoms with Crippen LogP contribution in [0.2, 0.25) is 0 Å². The molecule has 2 aromatic rings. The molecule has 26 heteroatoms. The van der Waals surface area contributed by atoms with Crippen LogP contribution in [0.5, 0.6) is 11.5 Å². The number of nitrogens with one attached hydrogen (secondary N) is 1. The van der Waals surface area contributed by atoms with E-state index in [0.717, 1.165) is 56.3 Å². The van der Waals surface area contributed by atoms with Crippen LogP contribution in [0, 0.1) is 27.7 Å². The molecule has 4 atom stereocenters. The van der Waals surface area contributed by atoms with Crippen LogP contribution < -0.4 is 14.8 Å². The van der Waals surface area contributed by atoms with Gasteiger partial charge in [0.1, 0.15) is 34.8 Å². The largest absolute Gasteiger partial charge is 0.496 e. The Balaban J connectivity index is 0.000000249. The first-order valence-corrected chi connectivity index (χ1v) is 22.6. The molecule has 1 N–H and O–H groups in total. The van der Waals surface area contributed by atoms with Crippen molar-refractivity contribution in [2.75, 3.05) is 34.4 Å². The number of hydrogen-bond acceptors (Lipinski definition) is 13. The predicted molar refractivity (Wildman–Crippen MR) is 280 cm³/mol. The number of amides is 1. The monoisotopic (exact) mass is 911 g/mol. The maximum absolute atomic E-state index is 13.0. The summed E-state index contributed by atoms with van der Waals surface area (Å²) >= 11 is 0. The molecule has 0 aromatic heterocycles. The summed E-state index contributed by atoms with van der Waals surface area (Å²) in [4.78, 5) is 50.7. The Morgan fingerprint density at radius 2 is 1.12 bits per heavy atom. The number of likely N-dealkylation sites (tertiary alicyclic amines) is 1. The van der Waals surface area contributed by atoms with Gasteiger partial charge in [-0.1, -0.05) is 10.3 Å². The van der Waals surface area contributed by atoms with Crippen LogP contribution in [0.3, 0.4) is 0 Å². The molecule has 6 rings (SSSR count). The Hall–Kier alpha value is -4.07. The molecule has 0 unspecified atom stereocenters. The first-order chi connectivity index (χ1) is 31.5. The Labute approximate surface area is 415 Å². The molecule has 1 amide bonds. The average Bonchev–Trinajstić information content (AvgIpc) is 4.03. The zero-order chi connectivity index (χ0) is 51.3. The van der Waals surface area contributed by atoms with E-state index in [1.54, 1.807) is 55.8 Å². The number of carbonyl (C=O) groups is 3. The van der Waals surface area contributed by atoms with E-state index < -0.39 is 72.4 Å². The topological polar surface area (TPSA) is 156 Å². The second-order valence-corrected chi connectivity index (χ2v) is 20.2.